The zero-order valence-electron chi connectivity index (χ0n) is 14.4. The summed E-state index contributed by atoms with van der Waals surface area (Å²) in [7, 11) is 0. The molecule has 0 spiro atoms. The highest BCUT2D eigenvalue weighted by molar-refractivity contribution is 7.15. The number of ketones is 2. The Hall–Kier alpha value is -2.27. The van der Waals surface area contributed by atoms with Gasteiger partial charge in [-0.25, -0.2) is 4.79 Å². The number of aryl methyl sites for hydroxylation is 3. The van der Waals surface area contributed by atoms with E-state index < -0.39 is 12.1 Å². The second-order valence-electron chi connectivity index (χ2n) is 5.88. The lowest BCUT2D eigenvalue weighted by molar-refractivity contribution is 0.0323. The van der Waals surface area contributed by atoms with Crippen LogP contribution in [-0.2, 0) is 4.74 Å². The summed E-state index contributed by atoms with van der Waals surface area (Å²) in [6, 6.07) is 6.91. The van der Waals surface area contributed by atoms with E-state index >= 15 is 0 Å². The first kappa shape index (κ1) is 18.1. The second-order valence-corrected chi connectivity index (χ2v) is 6.97. The van der Waals surface area contributed by atoms with E-state index in [1.165, 1.54) is 6.92 Å². The third-order valence-corrected chi connectivity index (χ3v) is 5.08. The van der Waals surface area contributed by atoms with Gasteiger partial charge in [0.15, 0.2) is 11.9 Å². The molecule has 1 heterocycles. The molecule has 2 rings (SSSR count). The Bertz CT molecular complexity index is 817. The van der Waals surface area contributed by atoms with Gasteiger partial charge in [-0.2, -0.15) is 0 Å². The van der Waals surface area contributed by atoms with E-state index in [-0.39, 0.29) is 11.6 Å². The maximum Gasteiger partial charge on any atom is 0.349 e. The Morgan fingerprint density at radius 2 is 1.54 bits per heavy atom. The van der Waals surface area contributed by atoms with Crippen molar-refractivity contribution in [3.8, 4) is 0 Å². The summed E-state index contributed by atoms with van der Waals surface area (Å²) in [6.45, 7) is 8.80. The van der Waals surface area contributed by atoms with Crippen molar-refractivity contribution in [3.05, 3.63) is 56.3 Å². The molecular weight excluding hydrogens is 324 g/mol. The van der Waals surface area contributed by atoms with Crippen molar-refractivity contribution in [1.82, 2.24) is 0 Å². The van der Waals surface area contributed by atoms with Crippen LogP contribution < -0.4 is 0 Å². The van der Waals surface area contributed by atoms with Gasteiger partial charge in [0.1, 0.15) is 4.88 Å². The number of hydrogen-bond donors (Lipinski definition) is 0. The first-order chi connectivity index (χ1) is 11.2. The molecule has 0 saturated carbocycles. The predicted molar refractivity (Wildman–Crippen MR) is 94.2 cm³/mol. The molecule has 1 unspecified atom stereocenters. The molecule has 2 aromatic rings. The van der Waals surface area contributed by atoms with Gasteiger partial charge in [-0.3, -0.25) is 9.59 Å². The van der Waals surface area contributed by atoms with Gasteiger partial charge in [-0.1, -0.05) is 6.07 Å². The van der Waals surface area contributed by atoms with Crippen molar-refractivity contribution in [2.45, 2.75) is 40.7 Å². The maximum absolute atomic E-state index is 12.6. The normalized spacial score (nSPS) is 11.9. The molecule has 0 amide bonds. The van der Waals surface area contributed by atoms with E-state index in [4.69, 9.17) is 4.74 Å². The number of benzene rings is 1. The van der Waals surface area contributed by atoms with Gasteiger partial charge in [0.2, 0.25) is 5.78 Å². The second kappa shape index (κ2) is 7.09. The van der Waals surface area contributed by atoms with E-state index in [0.29, 0.717) is 15.3 Å². The molecule has 0 aliphatic rings. The average Bonchev–Trinajstić information content (AvgIpc) is 3.00. The quantitative estimate of drug-likeness (QED) is 0.599. The van der Waals surface area contributed by atoms with Crippen LogP contribution in [-0.4, -0.2) is 23.6 Å². The predicted octanol–water partition coefficient (Wildman–Crippen LogP) is 4.30. The summed E-state index contributed by atoms with van der Waals surface area (Å²) in [6.07, 6.45) is -0.888. The van der Waals surface area contributed by atoms with Crippen LogP contribution in [0, 0.1) is 20.8 Å². The van der Waals surface area contributed by atoms with E-state index in [0.717, 1.165) is 28.0 Å². The fourth-order valence-corrected chi connectivity index (χ4v) is 3.14. The maximum atomic E-state index is 12.6. The topological polar surface area (TPSA) is 60.4 Å². The first-order valence-electron chi connectivity index (χ1n) is 7.64. The first-order valence-corrected chi connectivity index (χ1v) is 8.46. The number of esters is 1. The van der Waals surface area contributed by atoms with Crippen molar-refractivity contribution in [2.24, 2.45) is 0 Å². The molecule has 1 aromatic heterocycles. The van der Waals surface area contributed by atoms with Crippen LogP contribution in [0.25, 0.3) is 0 Å². The summed E-state index contributed by atoms with van der Waals surface area (Å²) >= 11 is 1.07. The minimum atomic E-state index is -0.888. The Labute approximate surface area is 145 Å². The minimum absolute atomic E-state index is 0.103. The lowest BCUT2D eigenvalue weighted by Crippen LogP contribution is -2.25. The van der Waals surface area contributed by atoms with Gasteiger partial charge < -0.3 is 4.74 Å². The number of thiophene rings is 1. The lowest BCUT2D eigenvalue weighted by Gasteiger charge is -2.14. The zero-order chi connectivity index (χ0) is 18.0. The number of hydrogen-bond acceptors (Lipinski definition) is 5. The minimum Gasteiger partial charge on any atom is -0.450 e. The molecule has 0 aliphatic carbocycles. The molecule has 0 bridgehead atoms. The third kappa shape index (κ3) is 3.79. The fourth-order valence-electron chi connectivity index (χ4n) is 2.35. The summed E-state index contributed by atoms with van der Waals surface area (Å²) in [5.74, 6) is -0.920. The fraction of sp³-hybridized carbons (Fsp3) is 0.316. The summed E-state index contributed by atoms with van der Waals surface area (Å²) in [4.78, 5) is 36.8. The Balaban J connectivity index is 2.15. The van der Waals surface area contributed by atoms with Gasteiger partial charge in [0.25, 0.3) is 0 Å². The molecule has 0 N–H and O–H groups in total. The summed E-state index contributed by atoms with van der Waals surface area (Å²) in [5.41, 5.74) is 3.56. The van der Waals surface area contributed by atoms with Crippen LogP contribution in [0.15, 0.2) is 24.3 Å². The Morgan fingerprint density at radius 1 is 0.958 bits per heavy atom. The van der Waals surface area contributed by atoms with Gasteiger partial charge in [-0.05, 0) is 69.5 Å². The molecule has 0 aliphatic heterocycles. The number of carbonyl (C=O) groups excluding carboxylic acids is 3. The highest BCUT2D eigenvalue weighted by Gasteiger charge is 2.23. The van der Waals surface area contributed by atoms with E-state index in [1.54, 1.807) is 19.1 Å². The van der Waals surface area contributed by atoms with Gasteiger partial charge in [0, 0.05) is 5.56 Å². The Morgan fingerprint density at radius 3 is 2.12 bits per heavy atom. The molecule has 0 fully saturated rings. The number of carbonyl (C=O) groups is 3. The lowest BCUT2D eigenvalue weighted by atomic mass is 9.96. The SMILES string of the molecule is CC(=O)c1ccc(C(=O)OC(C)C(=O)c2cc(C)c(C)cc2C)s1. The zero-order valence-corrected chi connectivity index (χ0v) is 15.2. The van der Waals surface area contributed by atoms with E-state index in [9.17, 15) is 14.4 Å². The molecule has 1 aromatic carbocycles. The molecule has 4 nitrogen and oxygen atoms in total. The van der Waals surface area contributed by atoms with Crippen LogP contribution in [0.5, 0.6) is 0 Å². The van der Waals surface area contributed by atoms with Crippen molar-refractivity contribution in [3.63, 3.8) is 0 Å². The molecule has 126 valence electrons. The van der Waals surface area contributed by atoms with Crippen molar-refractivity contribution < 1.29 is 19.1 Å². The smallest absolute Gasteiger partial charge is 0.349 e. The average molecular weight is 344 g/mol. The van der Waals surface area contributed by atoms with Crippen LogP contribution in [0.4, 0.5) is 0 Å². The molecule has 0 saturated heterocycles. The highest BCUT2D eigenvalue weighted by Crippen LogP contribution is 2.21. The van der Waals surface area contributed by atoms with Crippen LogP contribution >= 0.6 is 11.3 Å². The monoisotopic (exact) mass is 344 g/mol. The molecule has 1 atom stereocenters. The highest BCUT2D eigenvalue weighted by atomic mass is 32.1. The summed E-state index contributed by atoms with van der Waals surface area (Å²) in [5, 5.41) is 0. The van der Waals surface area contributed by atoms with Crippen molar-refractivity contribution in [2.75, 3.05) is 0 Å². The van der Waals surface area contributed by atoms with Gasteiger partial charge in [-0.15, -0.1) is 11.3 Å². The van der Waals surface area contributed by atoms with Gasteiger partial charge >= 0.3 is 5.97 Å². The van der Waals surface area contributed by atoms with Gasteiger partial charge in [0.05, 0.1) is 4.88 Å². The van der Waals surface area contributed by atoms with Crippen molar-refractivity contribution >= 4 is 28.9 Å². The Kier molecular flexibility index (Phi) is 5.34. The standard InChI is InChI=1S/C19H20O4S/c1-10-8-12(3)15(9-11(10)2)18(21)14(5)23-19(22)17-7-6-16(24-17)13(4)20/h6-9,14H,1-5H3. The van der Waals surface area contributed by atoms with Crippen LogP contribution in [0.2, 0.25) is 0 Å². The molecule has 0 radical (unpaired) electrons. The number of Topliss-reactive ketones (excluding diaryl/α,β-unsaturated/α-hetero) is 2. The van der Waals surface area contributed by atoms with E-state index in [1.807, 2.05) is 32.9 Å². The third-order valence-electron chi connectivity index (χ3n) is 3.91. The van der Waals surface area contributed by atoms with E-state index in [2.05, 4.69) is 0 Å². The van der Waals surface area contributed by atoms with Crippen LogP contribution in [0.1, 0.15) is 60.2 Å². The van der Waals surface area contributed by atoms with Crippen LogP contribution in [0.3, 0.4) is 0 Å². The number of ether oxygens (including phenoxy) is 1. The molecule has 24 heavy (non-hydrogen) atoms. The van der Waals surface area contributed by atoms with Crippen molar-refractivity contribution in [1.29, 1.82) is 0 Å². The molecular formula is C19H20O4S. The molecule has 5 heteroatoms. The number of rotatable bonds is 5. The largest absolute Gasteiger partial charge is 0.450 e. The summed E-state index contributed by atoms with van der Waals surface area (Å²) < 4.78 is 5.28.